The van der Waals surface area contributed by atoms with Gasteiger partial charge in [-0.25, -0.2) is 0 Å². The summed E-state index contributed by atoms with van der Waals surface area (Å²) >= 11 is 1.61. The molecule has 0 bridgehead atoms. The predicted molar refractivity (Wildman–Crippen MR) is 62.6 cm³/mol. The van der Waals surface area contributed by atoms with Crippen molar-refractivity contribution in [1.29, 1.82) is 0 Å². The van der Waals surface area contributed by atoms with E-state index in [1.54, 1.807) is 23.9 Å². The summed E-state index contributed by atoms with van der Waals surface area (Å²) in [5, 5.41) is 20.4. The molecule has 16 heavy (non-hydrogen) atoms. The SMILES string of the molecule is O=[N+]([O-])c1ccc(S[C@@H]2CCC[C@H]2O)cc1. The molecule has 0 aliphatic heterocycles. The molecule has 0 spiro atoms. The van der Waals surface area contributed by atoms with Gasteiger partial charge in [0, 0.05) is 22.3 Å². The number of non-ortho nitro benzene ring substituents is 1. The third-order valence-corrected chi connectivity index (χ3v) is 4.15. The lowest BCUT2D eigenvalue weighted by Crippen LogP contribution is -2.14. The Bertz CT molecular complexity index is 379. The van der Waals surface area contributed by atoms with E-state index in [1.165, 1.54) is 12.1 Å². The van der Waals surface area contributed by atoms with Crippen molar-refractivity contribution in [2.45, 2.75) is 35.5 Å². The summed E-state index contributed by atoms with van der Waals surface area (Å²) in [5.41, 5.74) is 0.108. The Morgan fingerprint density at radius 3 is 2.50 bits per heavy atom. The first kappa shape index (κ1) is 11.4. The molecule has 1 aromatic carbocycles. The highest BCUT2D eigenvalue weighted by Crippen LogP contribution is 2.35. The van der Waals surface area contributed by atoms with Gasteiger partial charge < -0.3 is 5.11 Å². The lowest BCUT2D eigenvalue weighted by atomic mass is 10.3. The van der Waals surface area contributed by atoms with Crippen molar-refractivity contribution < 1.29 is 10.0 Å². The summed E-state index contributed by atoms with van der Waals surface area (Å²) in [5.74, 6) is 0. The van der Waals surface area contributed by atoms with Crippen molar-refractivity contribution in [2.24, 2.45) is 0 Å². The third-order valence-electron chi connectivity index (χ3n) is 2.75. The van der Waals surface area contributed by atoms with Crippen LogP contribution in [-0.4, -0.2) is 21.4 Å². The van der Waals surface area contributed by atoms with Gasteiger partial charge in [0.25, 0.3) is 5.69 Å². The van der Waals surface area contributed by atoms with Crippen molar-refractivity contribution in [3.05, 3.63) is 34.4 Å². The molecule has 0 saturated heterocycles. The van der Waals surface area contributed by atoms with Gasteiger partial charge in [0.05, 0.1) is 11.0 Å². The summed E-state index contributed by atoms with van der Waals surface area (Å²) in [6.07, 6.45) is 2.71. The summed E-state index contributed by atoms with van der Waals surface area (Å²) in [4.78, 5) is 11.0. The molecule has 0 unspecified atom stereocenters. The Hall–Kier alpha value is -1.07. The monoisotopic (exact) mass is 239 g/mol. The van der Waals surface area contributed by atoms with Crippen LogP contribution in [0.15, 0.2) is 29.2 Å². The summed E-state index contributed by atoms with van der Waals surface area (Å²) in [6.45, 7) is 0. The number of hydrogen-bond donors (Lipinski definition) is 1. The van der Waals surface area contributed by atoms with Crippen molar-refractivity contribution in [1.82, 2.24) is 0 Å². The number of aliphatic hydroxyl groups excluding tert-OH is 1. The second kappa shape index (κ2) is 4.84. The molecule has 0 radical (unpaired) electrons. The van der Waals surface area contributed by atoms with E-state index in [2.05, 4.69) is 0 Å². The van der Waals surface area contributed by atoms with Crippen LogP contribution in [-0.2, 0) is 0 Å². The normalized spacial score (nSPS) is 24.6. The minimum atomic E-state index is -0.404. The molecule has 2 rings (SSSR count). The topological polar surface area (TPSA) is 63.4 Å². The highest BCUT2D eigenvalue weighted by Gasteiger charge is 2.25. The Kier molecular flexibility index (Phi) is 3.46. The van der Waals surface area contributed by atoms with Crippen LogP contribution in [0, 0.1) is 10.1 Å². The highest BCUT2D eigenvalue weighted by atomic mass is 32.2. The van der Waals surface area contributed by atoms with Gasteiger partial charge in [-0.05, 0) is 31.4 Å². The van der Waals surface area contributed by atoms with E-state index in [0.29, 0.717) is 0 Å². The number of nitrogens with zero attached hydrogens (tertiary/aromatic N) is 1. The number of benzene rings is 1. The Morgan fingerprint density at radius 1 is 1.31 bits per heavy atom. The standard InChI is InChI=1S/C11H13NO3S/c13-10-2-1-3-11(10)16-9-6-4-8(5-7-9)12(14)15/h4-7,10-11,13H,1-3H2/t10-,11-/m1/s1. The summed E-state index contributed by atoms with van der Waals surface area (Å²) in [6, 6.07) is 6.50. The first-order valence-electron chi connectivity index (χ1n) is 5.26. The Balaban J connectivity index is 2.02. The van der Waals surface area contributed by atoms with E-state index in [1.807, 2.05) is 0 Å². The number of hydrogen-bond acceptors (Lipinski definition) is 4. The van der Waals surface area contributed by atoms with Gasteiger partial charge in [-0.3, -0.25) is 10.1 Å². The minimum Gasteiger partial charge on any atom is -0.392 e. The first-order chi connectivity index (χ1) is 7.66. The van der Waals surface area contributed by atoms with Gasteiger partial charge in [-0.15, -0.1) is 11.8 Å². The molecule has 4 nitrogen and oxygen atoms in total. The molecule has 1 N–H and O–H groups in total. The molecule has 1 aliphatic rings. The maximum Gasteiger partial charge on any atom is 0.269 e. The lowest BCUT2D eigenvalue weighted by Gasteiger charge is -2.13. The van der Waals surface area contributed by atoms with Gasteiger partial charge in [0.15, 0.2) is 0 Å². The van der Waals surface area contributed by atoms with Crippen LogP contribution in [0.1, 0.15) is 19.3 Å². The number of rotatable bonds is 3. The van der Waals surface area contributed by atoms with E-state index in [0.717, 1.165) is 24.2 Å². The molecule has 0 amide bonds. The smallest absolute Gasteiger partial charge is 0.269 e. The van der Waals surface area contributed by atoms with Gasteiger partial charge in [-0.1, -0.05) is 0 Å². The van der Waals surface area contributed by atoms with Crippen molar-refractivity contribution >= 4 is 17.4 Å². The third kappa shape index (κ3) is 2.54. The van der Waals surface area contributed by atoms with E-state index < -0.39 is 4.92 Å². The minimum absolute atomic E-state index is 0.108. The van der Waals surface area contributed by atoms with E-state index >= 15 is 0 Å². The van der Waals surface area contributed by atoms with Crippen LogP contribution in [0.3, 0.4) is 0 Å². The quantitative estimate of drug-likeness (QED) is 0.650. The molecule has 2 atom stereocenters. The second-order valence-corrected chi connectivity index (χ2v) is 5.22. The van der Waals surface area contributed by atoms with Gasteiger partial charge in [-0.2, -0.15) is 0 Å². The number of nitro benzene ring substituents is 1. The van der Waals surface area contributed by atoms with Gasteiger partial charge in [0.1, 0.15) is 0 Å². The average Bonchev–Trinajstić information content (AvgIpc) is 2.65. The summed E-state index contributed by atoms with van der Waals surface area (Å²) in [7, 11) is 0. The first-order valence-corrected chi connectivity index (χ1v) is 6.14. The van der Waals surface area contributed by atoms with Crippen molar-refractivity contribution in [3.63, 3.8) is 0 Å². The highest BCUT2D eigenvalue weighted by molar-refractivity contribution is 8.00. The van der Waals surface area contributed by atoms with Gasteiger partial charge in [0.2, 0.25) is 0 Å². The Labute approximate surface area is 97.8 Å². The van der Waals surface area contributed by atoms with Crippen molar-refractivity contribution in [2.75, 3.05) is 0 Å². The zero-order valence-corrected chi connectivity index (χ0v) is 9.52. The fraction of sp³-hybridized carbons (Fsp3) is 0.455. The maximum atomic E-state index is 10.5. The van der Waals surface area contributed by atoms with E-state index in [4.69, 9.17) is 0 Å². The molecule has 1 fully saturated rings. The van der Waals surface area contributed by atoms with Crippen LogP contribution in [0.25, 0.3) is 0 Å². The molecule has 0 heterocycles. The maximum absolute atomic E-state index is 10.5. The molecule has 1 aromatic rings. The lowest BCUT2D eigenvalue weighted by molar-refractivity contribution is -0.384. The predicted octanol–water partition coefficient (Wildman–Crippen LogP) is 2.60. The number of aliphatic hydroxyl groups is 1. The fourth-order valence-corrected chi connectivity index (χ4v) is 3.09. The molecule has 1 saturated carbocycles. The molecular formula is C11H13NO3S. The van der Waals surface area contributed by atoms with E-state index in [9.17, 15) is 15.2 Å². The van der Waals surface area contributed by atoms with Crippen LogP contribution < -0.4 is 0 Å². The van der Waals surface area contributed by atoms with Crippen LogP contribution in [0.5, 0.6) is 0 Å². The molecule has 1 aliphatic carbocycles. The van der Waals surface area contributed by atoms with Crippen LogP contribution in [0.4, 0.5) is 5.69 Å². The van der Waals surface area contributed by atoms with Crippen LogP contribution in [0.2, 0.25) is 0 Å². The average molecular weight is 239 g/mol. The summed E-state index contributed by atoms with van der Waals surface area (Å²) < 4.78 is 0. The molecular weight excluding hydrogens is 226 g/mol. The molecule has 0 aromatic heterocycles. The largest absolute Gasteiger partial charge is 0.392 e. The van der Waals surface area contributed by atoms with Crippen LogP contribution >= 0.6 is 11.8 Å². The zero-order valence-electron chi connectivity index (χ0n) is 8.70. The number of thioether (sulfide) groups is 1. The fourth-order valence-electron chi connectivity index (χ4n) is 1.87. The zero-order chi connectivity index (χ0) is 11.5. The van der Waals surface area contributed by atoms with Gasteiger partial charge >= 0.3 is 0 Å². The molecule has 5 heteroatoms. The second-order valence-electron chi connectivity index (χ2n) is 3.91. The van der Waals surface area contributed by atoms with E-state index in [-0.39, 0.29) is 17.0 Å². The number of nitro groups is 1. The molecule has 86 valence electrons. The van der Waals surface area contributed by atoms with Crippen molar-refractivity contribution in [3.8, 4) is 0 Å². The Morgan fingerprint density at radius 2 is 2.00 bits per heavy atom.